The fourth-order valence-corrected chi connectivity index (χ4v) is 2.42. The number of nitrogens with zero attached hydrogens (tertiary/aromatic N) is 5. The third-order valence-electron chi connectivity index (χ3n) is 2.65. The molecule has 2 heterocycles. The molecule has 1 aliphatic heterocycles. The Hall–Kier alpha value is -1.44. The smallest absolute Gasteiger partial charge is 0.318 e. The van der Waals surface area contributed by atoms with E-state index in [0.717, 1.165) is 16.5 Å². The second kappa shape index (κ2) is 5.05. The summed E-state index contributed by atoms with van der Waals surface area (Å²) in [7, 11) is 1.95. The second-order valence-corrected chi connectivity index (χ2v) is 4.63. The van der Waals surface area contributed by atoms with E-state index in [4.69, 9.17) is 0 Å². The molecule has 1 aromatic carbocycles. The SMILES string of the molecule is C[N+]1(c2ccccc2)N=NN=C1c1nccs1.[Br-]. The van der Waals surface area contributed by atoms with Gasteiger partial charge in [0.05, 0.1) is 5.22 Å². The zero-order valence-electron chi connectivity index (χ0n) is 9.56. The minimum atomic E-state index is 0. The molecule has 7 heteroatoms. The van der Waals surface area contributed by atoms with Crippen LogP contribution in [-0.2, 0) is 0 Å². The lowest BCUT2D eigenvalue weighted by atomic mass is 10.3. The van der Waals surface area contributed by atoms with Gasteiger partial charge in [-0.25, -0.2) is 4.98 Å². The van der Waals surface area contributed by atoms with Crippen LogP contribution in [0.25, 0.3) is 0 Å². The molecule has 92 valence electrons. The first-order valence-corrected chi connectivity index (χ1v) is 6.01. The topological polar surface area (TPSA) is 50.0 Å². The van der Waals surface area contributed by atoms with Gasteiger partial charge in [0.1, 0.15) is 7.05 Å². The van der Waals surface area contributed by atoms with Crippen molar-refractivity contribution < 1.29 is 17.0 Å². The van der Waals surface area contributed by atoms with Gasteiger partial charge in [0.15, 0.2) is 5.69 Å². The minimum absolute atomic E-state index is 0. The fraction of sp³-hybridized carbons (Fsp3) is 0.0909. The summed E-state index contributed by atoms with van der Waals surface area (Å²) in [5.74, 6) is 0.756. The molecule has 3 rings (SSSR count). The molecule has 0 spiro atoms. The lowest BCUT2D eigenvalue weighted by Gasteiger charge is -2.20. The molecule has 5 nitrogen and oxygen atoms in total. The Morgan fingerprint density at radius 1 is 1.17 bits per heavy atom. The zero-order chi connectivity index (χ0) is 11.7. The van der Waals surface area contributed by atoms with Crippen LogP contribution in [0.1, 0.15) is 5.01 Å². The average molecular weight is 324 g/mol. The highest BCUT2D eigenvalue weighted by atomic mass is 79.9. The van der Waals surface area contributed by atoms with Gasteiger partial charge in [-0.05, 0) is 0 Å². The van der Waals surface area contributed by atoms with Crippen molar-refractivity contribution in [3.05, 3.63) is 46.9 Å². The highest BCUT2D eigenvalue weighted by molar-refractivity contribution is 7.11. The average Bonchev–Trinajstić information content (AvgIpc) is 2.99. The Bertz CT molecular complexity index is 581. The molecule has 2 aromatic rings. The van der Waals surface area contributed by atoms with E-state index in [-0.39, 0.29) is 21.6 Å². The minimum Gasteiger partial charge on any atom is -1.00 e. The Morgan fingerprint density at radius 2 is 1.94 bits per heavy atom. The van der Waals surface area contributed by atoms with Crippen molar-refractivity contribution in [3.8, 4) is 0 Å². The Kier molecular flexibility index (Phi) is 3.65. The van der Waals surface area contributed by atoms with Gasteiger partial charge in [-0.15, -0.1) is 11.3 Å². The summed E-state index contributed by atoms with van der Waals surface area (Å²) in [6.45, 7) is 0. The van der Waals surface area contributed by atoms with Crippen molar-refractivity contribution in [3.63, 3.8) is 0 Å². The van der Waals surface area contributed by atoms with Crippen LogP contribution in [0.4, 0.5) is 5.69 Å². The van der Waals surface area contributed by atoms with E-state index < -0.39 is 0 Å². The van der Waals surface area contributed by atoms with Crippen LogP contribution < -0.4 is 21.6 Å². The number of halogens is 1. The molecule has 1 aromatic heterocycles. The van der Waals surface area contributed by atoms with E-state index >= 15 is 0 Å². The van der Waals surface area contributed by atoms with Crippen molar-refractivity contribution in [1.29, 1.82) is 0 Å². The summed E-state index contributed by atoms with van der Waals surface area (Å²) in [5, 5.41) is 14.9. The summed E-state index contributed by atoms with van der Waals surface area (Å²) < 4.78 is 0.217. The number of benzene rings is 1. The van der Waals surface area contributed by atoms with Crippen LogP contribution in [0, 0.1) is 0 Å². The van der Waals surface area contributed by atoms with Crippen molar-refractivity contribution >= 4 is 22.9 Å². The first-order valence-electron chi connectivity index (χ1n) is 5.13. The van der Waals surface area contributed by atoms with Gasteiger partial charge in [0, 0.05) is 28.9 Å². The van der Waals surface area contributed by atoms with Gasteiger partial charge in [0.25, 0.3) is 0 Å². The van der Waals surface area contributed by atoms with Gasteiger partial charge in [-0.3, -0.25) is 0 Å². The van der Waals surface area contributed by atoms with Gasteiger partial charge < -0.3 is 17.0 Å². The van der Waals surface area contributed by atoms with Crippen LogP contribution >= 0.6 is 11.3 Å². The first kappa shape index (κ1) is 13.0. The number of amidine groups is 1. The second-order valence-electron chi connectivity index (χ2n) is 3.73. The van der Waals surface area contributed by atoms with Crippen molar-refractivity contribution in [2.45, 2.75) is 0 Å². The van der Waals surface area contributed by atoms with Gasteiger partial charge in [0.2, 0.25) is 5.01 Å². The largest absolute Gasteiger partial charge is 1.00 e. The van der Waals surface area contributed by atoms with Crippen LogP contribution in [0.15, 0.2) is 57.5 Å². The molecule has 1 atom stereocenters. The lowest BCUT2D eigenvalue weighted by molar-refractivity contribution is -0.00000349. The molecule has 1 aliphatic rings. The number of quaternary nitrogens is 1. The maximum Gasteiger partial charge on any atom is 0.318 e. The van der Waals surface area contributed by atoms with Crippen molar-refractivity contribution in [1.82, 2.24) is 9.58 Å². The maximum absolute atomic E-state index is 4.27. The molecular formula is C11H10BrN5S. The third kappa shape index (κ3) is 2.00. The Labute approximate surface area is 119 Å². The molecule has 0 radical (unpaired) electrons. The normalized spacial score (nSPS) is 21.5. The molecule has 18 heavy (non-hydrogen) atoms. The molecule has 0 saturated carbocycles. The highest BCUT2D eigenvalue weighted by Crippen LogP contribution is 2.29. The predicted molar refractivity (Wildman–Crippen MR) is 67.7 cm³/mol. The lowest BCUT2D eigenvalue weighted by Crippen LogP contribution is -3.00. The quantitative estimate of drug-likeness (QED) is 0.708. The predicted octanol–water partition coefficient (Wildman–Crippen LogP) is -0.173. The summed E-state index contributed by atoms with van der Waals surface area (Å²) >= 11 is 1.54. The molecular weight excluding hydrogens is 314 g/mol. The van der Waals surface area contributed by atoms with Crippen LogP contribution in [0.3, 0.4) is 0 Å². The fourth-order valence-electron chi connectivity index (χ4n) is 1.73. The number of rotatable bonds is 2. The van der Waals surface area contributed by atoms with Gasteiger partial charge >= 0.3 is 5.84 Å². The molecule has 0 fully saturated rings. The van der Waals surface area contributed by atoms with E-state index in [2.05, 4.69) is 20.5 Å². The van der Waals surface area contributed by atoms with Crippen LogP contribution in [0.2, 0.25) is 0 Å². The summed E-state index contributed by atoms with van der Waals surface area (Å²) in [6.07, 6.45) is 1.76. The highest BCUT2D eigenvalue weighted by Gasteiger charge is 2.40. The molecule has 1 unspecified atom stereocenters. The van der Waals surface area contributed by atoms with Crippen molar-refractivity contribution in [2.24, 2.45) is 15.5 Å². The van der Waals surface area contributed by atoms with Crippen LogP contribution in [-0.4, -0.2) is 17.9 Å². The number of hydrogen-bond donors (Lipinski definition) is 0. The van der Waals surface area contributed by atoms with E-state index in [1.54, 1.807) is 6.20 Å². The maximum atomic E-state index is 4.27. The van der Waals surface area contributed by atoms with Crippen LogP contribution in [0.5, 0.6) is 0 Å². The third-order valence-corrected chi connectivity index (χ3v) is 3.42. The summed E-state index contributed by atoms with van der Waals surface area (Å²) in [5.41, 5.74) is 1.02. The molecule has 0 aliphatic carbocycles. The molecule has 0 bridgehead atoms. The molecule has 0 amide bonds. The number of hydrogen-bond acceptors (Lipinski definition) is 5. The van der Waals surface area contributed by atoms with E-state index in [9.17, 15) is 0 Å². The monoisotopic (exact) mass is 323 g/mol. The summed E-state index contributed by atoms with van der Waals surface area (Å²) in [6, 6.07) is 9.95. The standard InChI is InChI=1S/C11H10N5S.BrH/c1-16(9-5-3-2-4-6-9)10(13-14-15-16)11-12-7-8-17-11;/h2-8H,1H3;1H/q+1;/p-1. The van der Waals surface area contributed by atoms with Gasteiger partial charge in [-0.1, -0.05) is 27.9 Å². The van der Waals surface area contributed by atoms with E-state index in [0.29, 0.717) is 0 Å². The Morgan fingerprint density at radius 3 is 2.61 bits per heavy atom. The number of thiazole rings is 1. The van der Waals surface area contributed by atoms with E-state index in [1.807, 2.05) is 42.8 Å². The zero-order valence-corrected chi connectivity index (χ0v) is 12.0. The van der Waals surface area contributed by atoms with E-state index in [1.165, 1.54) is 11.3 Å². The van der Waals surface area contributed by atoms with Crippen molar-refractivity contribution in [2.75, 3.05) is 7.05 Å². The molecule has 0 saturated heterocycles. The summed E-state index contributed by atoms with van der Waals surface area (Å²) in [4.78, 5) is 4.27. The number of para-hydroxylation sites is 1. The first-order chi connectivity index (χ1) is 8.31. The van der Waals surface area contributed by atoms with Gasteiger partial charge in [-0.2, -0.15) is 0 Å². The molecule has 0 N–H and O–H groups in total. The number of aromatic nitrogens is 1. The Balaban J connectivity index is 0.00000120.